The third kappa shape index (κ3) is 8.85. The number of nitrogens with zero attached hydrogens (tertiary/aromatic N) is 2. The van der Waals surface area contributed by atoms with Crippen LogP contribution < -0.4 is 9.62 Å². The molecule has 0 spiro atoms. The minimum Gasteiger partial charge on any atom is -0.352 e. The standard InChI is InChI=1S/C28H38BrN3O4S/c1-21-11-17-26(18-12-21)32(37(3,35)36)19-7-10-27(33)31(20-23-13-15-24(29)16-14-23)22(2)28(34)30-25-8-5-4-6-9-25/h11-18,22,25H,4-10,19-20H2,1-3H3,(H,30,34)/t22-/m1/s1. The zero-order chi connectivity index (χ0) is 27.0. The van der Waals surface area contributed by atoms with E-state index in [1.807, 2.05) is 43.3 Å². The maximum atomic E-state index is 13.4. The molecule has 2 amide bonds. The van der Waals surface area contributed by atoms with E-state index in [1.54, 1.807) is 24.0 Å². The Bertz CT molecular complexity index is 1150. The Balaban J connectivity index is 1.70. The van der Waals surface area contributed by atoms with Crippen molar-refractivity contribution in [3.63, 3.8) is 0 Å². The Hall–Kier alpha value is -2.39. The fourth-order valence-corrected chi connectivity index (χ4v) is 5.88. The summed E-state index contributed by atoms with van der Waals surface area (Å²) in [4.78, 5) is 28.2. The molecule has 1 atom stereocenters. The molecule has 9 heteroatoms. The summed E-state index contributed by atoms with van der Waals surface area (Å²) in [7, 11) is -3.51. The lowest BCUT2D eigenvalue weighted by Gasteiger charge is -2.31. The van der Waals surface area contributed by atoms with Gasteiger partial charge in [-0.1, -0.05) is 65.0 Å². The highest BCUT2D eigenvalue weighted by molar-refractivity contribution is 9.10. The lowest BCUT2D eigenvalue weighted by molar-refractivity contribution is -0.141. The number of anilines is 1. The Morgan fingerprint density at radius 2 is 1.65 bits per heavy atom. The number of amides is 2. The van der Waals surface area contributed by atoms with Crippen LogP contribution in [-0.2, 0) is 26.2 Å². The van der Waals surface area contributed by atoms with Crippen LogP contribution in [0, 0.1) is 6.92 Å². The van der Waals surface area contributed by atoms with Crippen LogP contribution in [-0.4, -0.2) is 50.0 Å². The smallest absolute Gasteiger partial charge is 0.242 e. The largest absolute Gasteiger partial charge is 0.352 e. The first kappa shape index (κ1) is 29.2. The lowest BCUT2D eigenvalue weighted by atomic mass is 9.95. The van der Waals surface area contributed by atoms with E-state index in [4.69, 9.17) is 0 Å². The first-order chi connectivity index (χ1) is 17.5. The van der Waals surface area contributed by atoms with Crippen molar-refractivity contribution in [3.8, 4) is 0 Å². The first-order valence-electron chi connectivity index (χ1n) is 12.9. The molecule has 37 heavy (non-hydrogen) atoms. The molecule has 0 bridgehead atoms. The van der Waals surface area contributed by atoms with Gasteiger partial charge in [0.1, 0.15) is 6.04 Å². The molecule has 0 aromatic heterocycles. The van der Waals surface area contributed by atoms with E-state index in [2.05, 4.69) is 21.2 Å². The van der Waals surface area contributed by atoms with E-state index in [-0.39, 0.29) is 30.8 Å². The molecular weight excluding hydrogens is 554 g/mol. The van der Waals surface area contributed by atoms with Gasteiger partial charge < -0.3 is 10.2 Å². The second-order valence-electron chi connectivity index (χ2n) is 9.94. The molecule has 2 aromatic rings. The zero-order valence-corrected chi connectivity index (χ0v) is 24.4. The molecule has 2 aromatic carbocycles. The monoisotopic (exact) mass is 591 g/mol. The SMILES string of the molecule is Cc1ccc(N(CCCC(=O)N(Cc2ccc(Br)cc2)[C@H](C)C(=O)NC2CCCCC2)S(C)(=O)=O)cc1. The topological polar surface area (TPSA) is 86.8 Å². The van der Waals surface area contributed by atoms with Crippen LogP contribution in [0.15, 0.2) is 53.0 Å². The summed E-state index contributed by atoms with van der Waals surface area (Å²) in [6.45, 7) is 4.20. The summed E-state index contributed by atoms with van der Waals surface area (Å²) in [5, 5.41) is 3.14. The van der Waals surface area contributed by atoms with Crippen molar-refractivity contribution >= 4 is 43.5 Å². The highest BCUT2D eigenvalue weighted by Gasteiger charge is 2.28. The fraction of sp³-hybridized carbons (Fsp3) is 0.500. The molecule has 0 radical (unpaired) electrons. The van der Waals surface area contributed by atoms with Gasteiger partial charge in [0.2, 0.25) is 21.8 Å². The Morgan fingerprint density at radius 1 is 1.03 bits per heavy atom. The summed E-state index contributed by atoms with van der Waals surface area (Å²) in [5.41, 5.74) is 2.54. The Labute approximate surface area is 229 Å². The maximum Gasteiger partial charge on any atom is 0.242 e. The van der Waals surface area contributed by atoms with Crippen molar-refractivity contribution in [3.05, 3.63) is 64.1 Å². The quantitative estimate of drug-likeness (QED) is 0.390. The molecule has 3 rings (SSSR count). The number of benzene rings is 2. The van der Waals surface area contributed by atoms with Crippen molar-refractivity contribution in [2.45, 2.75) is 77.4 Å². The summed E-state index contributed by atoms with van der Waals surface area (Å²) in [6, 6.07) is 14.5. The van der Waals surface area contributed by atoms with E-state index < -0.39 is 16.1 Å². The number of carbonyl (C=O) groups excluding carboxylic acids is 2. The predicted molar refractivity (Wildman–Crippen MR) is 152 cm³/mol. The van der Waals surface area contributed by atoms with E-state index in [9.17, 15) is 18.0 Å². The maximum absolute atomic E-state index is 13.4. The minimum absolute atomic E-state index is 0.134. The third-order valence-corrected chi connectivity index (χ3v) is 8.58. The number of halogens is 1. The number of carbonyl (C=O) groups is 2. The second kappa shape index (κ2) is 13.4. The third-order valence-electron chi connectivity index (χ3n) is 6.86. The zero-order valence-electron chi connectivity index (χ0n) is 22.0. The van der Waals surface area contributed by atoms with Gasteiger partial charge in [0.25, 0.3) is 0 Å². The van der Waals surface area contributed by atoms with Crippen molar-refractivity contribution in [1.29, 1.82) is 0 Å². The summed E-state index contributed by atoms with van der Waals surface area (Å²) in [5.74, 6) is -0.318. The van der Waals surface area contributed by atoms with Crippen LogP contribution in [0.4, 0.5) is 5.69 Å². The van der Waals surface area contributed by atoms with Gasteiger partial charge in [-0.3, -0.25) is 13.9 Å². The highest BCUT2D eigenvalue weighted by atomic mass is 79.9. The molecule has 7 nitrogen and oxygen atoms in total. The molecule has 1 aliphatic carbocycles. The van der Waals surface area contributed by atoms with Crippen LogP contribution in [0.25, 0.3) is 0 Å². The van der Waals surface area contributed by atoms with Crippen LogP contribution >= 0.6 is 15.9 Å². The average Bonchev–Trinajstić information content (AvgIpc) is 2.86. The first-order valence-corrected chi connectivity index (χ1v) is 15.6. The number of hydrogen-bond acceptors (Lipinski definition) is 4. The van der Waals surface area contributed by atoms with Crippen LogP contribution in [0.5, 0.6) is 0 Å². The number of rotatable bonds is 11. The number of sulfonamides is 1. The van der Waals surface area contributed by atoms with E-state index in [0.29, 0.717) is 18.7 Å². The van der Waals surface area contributed by atoms with Gasteiger partial charge in [0.05, 0.1) is 11.9 Å². The summed E-state index contributed by atoms with van der Waals surface area (Å²) >= 11 is 3.44. The van der Waals surface area contributed by atoms with E-state index in [1.165, 1.54) is 17.0 Å². The number of nitrogens with one attached hydrogen (secondary N) is 1. The van der Waals surface area contributed by atoms with Crippen molar-refractivity contribution in [2.24, 2.45) is 0 Å². The van der Waals surface area contributed by atoms with E-state index >= 15 is 0 Å². The highest BCUT2D eigenvalue weighted by Crippen LogP contribution is 2.21. The van der Waals surface area contributed by atoms with Crippen LogP contribution in [0.2, 0.25) is 0 Å². The molecule has 1 N–H and O–H groups in total. The van der Waals surface area contributed by atoms with Gasteiger partial charge in [-0.05, 0) is 62.9 Å². The van der Waals surface area contributed by atoms with Crippen LogP contribution in [0.1, 0.15) is 63.0 Å². The van der Waals surface area contributed by atoms with Gasteiger partial charge in [-0.15, -0.1) is 0 Å². The molecule has 1 aliphatic rings. The van der Waals surface area contributed by atoms with Gasteiger partial charge in [0.15, 0.2) is 0 Å². The second-order valence-corrected chi connectivity index (χ2v) is 12.8. The van der Waals surface area contributed by atoms with Gasteiger partial charge >= 0.3 is 0 Å². The molecule has 1 fully saturated rings. The molecule has 0 heterocycles. The number of hydrogen-bond donors (Lipinski definition) is 1. The summed E-state index contributed by atoms with van der Waals surface area (Å²) in [6.07, 6.45) is 7.01. The molecule has 0 saturated heterocycles. The Kier molecular flexibility index (Phi) is 10.6. The van der Waals surface area contributed by atoms with Crippen molar-refractivity contribution in [1.82, 2.24) is 10.2 Å². The lowest BCUT2D eigenvalue weighted by Crippen LogP contribution is -2.50. The Morgan fingerprint density at radius 3 is 2.24 bits per heavy atom. The van der Waals surface area contributed by atoms with Gasteiger partial charge in [0, 0.05) is 30.0 Å². The average molecular weight is 593 g/mol. The minimum atomic E-state index is -3.51. The van der Waals surface area contributed by atoms with Gasteiger partial charge in [-0.2, -0.15) is 0 Å². The van der Waals surface area contributed by atoms with E-state index in [0.717, 1.165) is 41.3 Å². The van der Waals surface area contributed by atoms with Gasteiger partial charge in [-0.25, -0.2) is 8.42 Å². The molecule has 0 aliphatic heterocycles. The van der Waals surface area contributed by atoms with Crippen molar-refractivity contribution < 1.29 is 18.0 Å². The summed E-state index contributed by atoms with van der Waals surface area (Å²) < 4.78 is 27.2. The molecule has 0 unspecified atom stereocenters. The fourth-order valence-electron chi connectivity index (χ4n) is 4.65. The molecule has 202 valence electrons. The van der Waals surface area contributed by atoms with Crippen molar-refractivity contribution in [2.75, 3.05) is 17.1 Å². The predicted octanol–water partition coefficient (Wildman–Crippen LogP) is 5.17. The molecular formula is C28H38BrN3O4S. The normalized spacial score (nSPS) is 15.1. The molecule has 1 saturated carbocycles. The number of aryl methyl sites for hydroxylation is 1. The van der Waals surface area contributed by atoms with Crippen LogP contribution in [0.3, 0.4) is 0 Å².